The van der Waals surface area contributed by atoms with E-state index in [0.29, 0.717) is 0 Å². The second-order valence-electron chi connectivity index (χ2n) is 4.15. The third-order valence-corrected chi connectivity index (χ3v) is 2.44. The molecule has 0 aromatic rings. The van der Waals surface area contributed by atoms with Crippen LogP contribution in [-0.4, -0.2) is 74.3 Å². The van der Waals surface area contributed by atoms with Crippen LogP contribution in [0, 0.1) is 0 Å². The summed E-state index contributed by atoms with van der Waals surface area (Å²) in [6.07, 6.45) is -8.34. The minimum atomic E-state index is -1.94. The fourth-order valence-electron chi connectivity index (χ4n) is 1.32. The molecule has 9 heteroatoms. The van der Waals surface area contributed by atoms with Crippen LogP contribution in [0.1, 0.15) is 19.8 Å². The number of carboxylic acid groups (broad SMARTS) is 1. The molecule has 0 bridgehead atoms. The quantitative estimate of drug-likeness (QED) is 0.288. The molecule has 0 amide bonds. The van der Waals surface area contributed by atoms with Crippen molar-refractivity contribution in [2.75, 3.05) is 6.61 Å². The van der Waals surface area contributed by atoms with E-state index in [1.165, 1.54) is 0 Å². The summed E-state index contributed by atoms with van der Waals surface area (Å²) in [5, 5.41) is 45.2. The van der Waals surface area contributed by atoms with Gasteiger partial charge in [-0.15, -0.1) is 0 Å². The summed E-state index contributed by atoms with van der Waals surface area (Å²) >= 11 is 0. The summed E-state index contributed by atoms with van der Waals surface area (Å²) in [6.45, 7) is 0.117. The number of carbonyl (C=O) groups excluding carboxylic acids is 2. The fourth-order valence-corrected chi connectivity index (χ4v) is 1.32. The Hall–Kier alpha value is -1.55. The zero-order valence-corrected chi connectivity index (χ0v) is 10.8. The van der Waals surface area contributed by atoms with Gasteiger partial charge in [0.25, 0.3) is 0 Å². The molecule has 0 aliphatic heterocycles. The molecule has 0 spiro atoms. The van der Waals surface area contributed by atoms with Crippen molar-refractivity contribution in [2.24, 2.45) is 0 Å². The number of ketones is 1. The van der Waals surface area contributed by atoms with Crippen LogP contribution in [-0.2, 0) is 19.1 Å². The molecule has 0 radical (unpaired) electrons. The van der Waals surface area contributed by atoms with Gasteiger partial charge in [0.05, 0.1) is 19.4 Å². The van der Waals surface area contributed by atoms with Crippen LogP contribution in [0.4, 0.5) is 0 Å². The molecule has 0 aromatic heterocycles. The van der Waals surface area contributed by atoms with E-state index in [1.807, 2.05) is 0 Å². The highest BCUT2D eigenvalue weighted by atomic mass is 16.6. The summed E-state index contributed by atoms with van der Waals surface area (Å²) in [4.78, 5) is 32.8. The van der Waals surface area contributed by atoms with Crippen molar-refractivity contribution in [2.45, 2.75) is 44.2 Å². The van der Waals surface area contributed by atoms with Gasteiger partial charge >= 0.3 is 11.9 Å². The molecule has 4 atom stereocenters. The lowest BCUT2D eigenvalue weighted by Gasteiger charge is -2.27. The third-order valence-electron chi connectivity index (χ3n) is 2.44. The molecule has 9 nitrogen and oxygen atoms in total. The van der Waals surface area contributed by atoms with Gasteiger partial charge in [-0.3, -0.25) is 14.4 Å². The van der Waals surface area contributed by atoms with E-state index in [4.69, 9.17) is 15.3 Å². The van der Waals surface area contributed by atoms with Crippen molar-refractivity contribution >= 4 is 17.7 Å². The highest BCUT2D eigenvalue weighted by Gasteiger charge is 2.36. The van der Waals surface area contributed by atoms with E-state index in [-0.39, 0.29) is 0 Å². The first-order chi connectivity index (χ1) is 9.20. The van der Waals surface area contributed by atoms with Gasteiger partial charge in [0, 0.05) is 0 Å². The minimum absolute atomic E-state index is 0.509. The first kappa shape index (κ1) is 18.4. The summed E-state index contributed by atoms with van der Waals surface area (Å²) in [5.74, 6) is -3.08. The van der Waals surface area contributed by atoms with Gasteiger partial charge in [-0.1, -0.05) is 0 Å². The monoisotopic (exact) mass is 294 g/mol. The van der Waals surface area contributed by atoms with E-state index in [9.17, 15) is 24.6 Å². The van der Waals surface area contributed by atoms with Crippen molar-refractivity contribution < 1.29 is 44.7 Å². The molecule has 116 valence electrons. The number of carbonyl (C=O) groups is 3. The van der Waals surface area contributed by atoms with Crippen LogP contribution in [0.3, 0.4) is 0 Å². The molecule has 0 unspecified atom stereocenters. The van der Waals surface area contributed by atoms with Crippen molar-refractivity contribution in [1.29, 1.82) is 0 Å². The first-order valence-electron chi connectivity index (χ1n) is 5.77. The smallest absolute Gasteiger partial charge is 0.307 e. The predicted molar refractivity (Wildman–Crippen MR) is 62.5 cm³/mol. The Labute approximate surface area is 114 Å². The highest BCUT2D eigenvalue weighted by Crippen LogP contribution is 2.11. The lowest BCUT2D eigenvalue weighted by atomic mass is 10.0. The van der Waals surface area contributed by atoms with Crippen molar-refractivity contribution in [1.82, 2.24) is 0 Å². The number of rotatable bonds is 9. The second kappa shape index (κ2) is 8.59. The van der Waals surface area contributed by atoms with Gasteiger partial charge < -0.3 is 30.3 Å². The predicted octanol–water partition coefficient (Wildman–Crippen LogP) is -2.57. The summed E-state index contributed by atoms with van der Waals surface area (Å²) in [5.41, 5.74) is 0. The third kappa shape index (κ3) is 6.06. The number of ether oxygens (including phenoxy) is 1. The molecule has 0 fully saturated rings. The largest absolute Gasteiger partial charge is 0.481 e. The van der Waals surface area contributed by atoms with Crippen LogP contribution in [0.2, 0.25) is 0 Å². The molecule has 0 rings (SSSR count). The minimum Gasteiger partial charge on any atom is -0.481 e. The zero-order chi connectivity index (χ0) is 15.9. The molecule has 0 aliphatic rings. The lowest BCUT2D eigenvalue weighted by Crippen LogP contribution is -2.49. The SMILES string of the molecule is CC(=O)[C@H](OC(=O)CCC(=O)O)[C@@H](O)[C@H](O)[C@H](O)CO. The molecule has 5 N–H and O–H groups in total. The molecule has 0 saturated carbocycles. The van der Waals surface area contributed by atoms with Gasteiger partial charge in [-0.25, -0.2) is 0 Å². The van der Waals surface area contributed by atoms with Crippen molar-refractivity contribution in [3.05, 3.63) is 0 Å². The van der Waals surface area contributed by atoms with Crippen LogP contribution in [0.25, 0.3) is 0 Å². The number of Topliss-reactive ketones (excluding diaryl/α,β-unsaturated/α-hetero) is 1. The maximum atomic E-state index is 11.3. The Bertz CT molecular complexity index is 354. The average Bonchev–Trinajstić information content (AvgIpc) is 2.39. The van der Waals surface area contributed by atoms with Crippen LogP contribution < -0.4 is 0 Å². The maximum absolute atomic E-state index is 11.3. The van der Waals surface area contributed by atoms with Crippen LogP contribution in [0.5, 0.6) is 0 Å². The van der Waals surface area contributed by atoms with E-state index in [1.54, 1.807) is 0 Å². The van der Waals surface area contributed by atoms with E-state index in [2.05, 4.69) is 4.74 Å². The number of hydrogen-bond donors (Lipinski definition) is 5. The lowest BCUT2D eigenvalue weighted by molar-refractivity contribution is -0.172. The molecule has 0 heterocycles. The molecule has 0 saturated heterocycles. The van der Waals surface area contributed by atoms with Gasteiger partial charge in [0.15, 0.2) is 11.9 Å². The first-order valence-corrected chi connectivity index (χ1v) is 5.77. The van der Waals surface area contributed by atoms with Crippen LogP contribution in [0.15, 0.2) is 0 Å². The molecule has 0 aliphatic carbocycles. The van der Waals surface area contributed by atoms with E-state index >= 15 is 0 Å². The van der Waals surface area contributed by atoms with Gasteiger partial charge in [-0.05, 0) is 6.92 Å². The number of hydrogen-bond acceptors (Lipinski definition) is 8. The van der Waals surface area contributed by atoms with Crippen molar-refractivity contribution in [3.63, 3.8) is 0 Å². The number of aliphatic carboxylic acids is 1. The van der Waals surface area contributed by atoms with E-state index in [0.717, 1.165) is 6.92 Å². The summed E-state index contributed by atoms with van der Waals surface area (Å²) < 4.78 is 4.59. The zero-order valence-electron chi connectivity index (χ0n) is 10.8. The number of carboxylic acids is 1. The Kier molecular flexibility index (Phi) is 7.92. The fraction of sp³-hybridized carbons (Fsp3) is 0.727. The molecular formula is C11H18O9. The Balaban J connectivity index is 4.68. The number of aliphatic hydroxyl groups is 4. The normalized spacial score (nSPS) is 16.9. The summed E-state index contributed by atoms with van der Waals surface area (Å²) in [7, 11) is 0. The van der Waals surface area contributed by atoms with Gasteiger partial charge in [0.2, 0.25) is 0 Å². The summed E-state index contributed by atoms with van der Waals surface area (Å²) in [6, 6.07) is 0. The highest BCUT2D eigenvalue weighted by molar-refractivity contribution is 5.85. The second-order valence-corrected chi connectivity index (χ2v) is 4.15. The van der Waals surface area contributed by atoms with Gasteiger partial charge in [0.1, 0.15) is 18.3 Å². The Morgan fingerprint density at radius 3 is 2.00 bits per heavy atom. The molecular weight excluding hydrogens is 276 g/mol. The van der Waals surface area contributed by atoms with Gasteiger partial charge in [-0.2, -0.15) is 0 Å². The Morgan fingerprint density at radius 1 is 1.05 bits per heavy atom. The van der Waals surface area contributed by atoms with Crippen LogP contribution >= 0.6 is 0 Å². The molecule has 0 aromatic carbocycles. The van der Waals surface area contributed by atoms with Crippen molar-refractivity contribution in [3.8, 4) is 0 Å². The molecule has 20 heavy (non-hydrogen) atoms. The topological polar surface area (TPSA) is 162 Å². The number of esters is 1. The number of aliphatic hydroxyl groups excluding tert-OH is 4. The maximum Gasteiger partial charge on any atom is 0.307 e. The standard InChI is InChI=1S/C11H18O9/c1-5(13)11(10(19)9(18)6(14)4-12)20-8(17)3-2-7(15)16/h6,9-12,14,18-19H,2-4H2,1H3,(H,15,16)/t6-,9-,10+,11+/m1/s1. The Morgan fingerprint density at radius 2 is 1.60 bits per heavy atom. The van der Waals surface area contributed by atoms with E-state index < -0.39 is 61.6 Å². The average molecular weight is 294 g/mol.